The van der Waals surface area contributed by atoms with E-state index < -0.39 is 0 Å². The topological polar surface area (TPSA) is 62.4 Å². The summed E-state index contributed by atoms with van der Waals surface area (Å²) in [6.45, 7) is 0. The van der Waals surface area contributed by atoms with E-state index in [2.05, 4.69) is 184 Å². The predicted molar refractivity (Wildman–Crippen MR) is 224 cm³/mol. The van der Waals surface area contributed by atoms with Crippen LogP contribution in [0, 0.1) is 22.7 Å². The molecule has 0 atom stereocenters. The number of nitriles is 2. The molecule has 0 amide bonds. The summed E-state index contributed by atoms with van der Waals surface area (Å²) in [6, 6.07) is 66.1. The molecule has 254 valence electrons. The molecule has 3 heterocycles. The minimum absolute atomic E-state index is 0.443. The van der Waals surface area contributed by atoms with Gasteiger partial charge in [-0.1, -0.05) is 115 Å². The van der Waals surface area contributed by atoms with Gasteiger partial charge in [0.05, 0.1) is 73.4 Å². The van der Waals surface area contributed by atoms with Crippen molar-refractivity contribution in [3.05, 3.63) is 187 Å². The van der Waals surface area contributed by atoms with Gasteiger partial charge >= 0.3 is 0 Å². The van der Waals surface area contributed by atoms with Gasteiger partial charge < -0.3 is 13.7 Å². The number of rotatable bonds is 4. The van der Waals surface area contributed by atoms with Gasteiger partial charge in [-0.3, -0.25) is 0 Å². The van der Waals surface area contributed by atoms with Crippen LogP contribution in [0.3, 0.4) is 0 Å². The minimum atomic E-state index is 0.443. The first-order valence-electron chi connectivity index (χ1n) is 18.3. The monoisotopic (exact) mass is 699 g/mol. The van der Waals surface area contributed by atoms with Crippen molar-refractivity contribution >= 4 is 65.4 Å². The van der Waals surface area contributed by atoms with Crippen LogP contribution in [0.5, 0.6) is 0 Å². The van der Waals surface area contributed by atoms with Crippen LogP contribution in [0.1, 0.15) is 11.1 Å². The van der Waals surface area contributed by atoms with Crippen molar-refractivity contribution in [1.29, 1.82) is 10.5 Å². The number of para-hydroxylation sites is 6. The van der Waals surface area contributed by atoms with Crippen molar-refractivity contribution in [2.24, 2.45) is 0 Å². The Bertz CT molecular complexity index is 3310. The summed E-state index contributed by atoms with van der Waals surface area (Å²) in [5.41, 5.74) is 11.9. The Labute approximate surface area is 316 Å². The van der Waals surface area contributed by atoms with E-state index in [1.54, 1.807) is 6.07 Å². The van der Waals surface area contributed by atoms with Gasteiger partial charge in [-0.05, 0) is 60.7 Å². The second kappa shape index (κ2) is 11.8. The highest BCUT2D eigenvalue weighted by atomic mass is 15.1. The molecular weight excluding hydrogens is 671 g/mol. The summed E-state index contributed by atoms with van der Waals surface area (Å²) in [5.74, 6) is 0. The molecule has 5 heteroatoms. The molecule has 0 radical (unpaired) electrons. The lowest BCUT2D eigenvalue weighted by atomic mass is 9.95. The largest absolute Gasteiger partial charge is 0.309 e. The molecule has 5 nitrogen and oxygen atoms in total. The van der Waals surface area contributed by atoms with Crippen molar-refractivity contribution in [3.63, 3.8) is 0 Å². The maximum Gasteiger partial charge on any atom is 0.0998 e. The van der Waals surface area contributed by atoms with Crippen LogP contribution in [0.2, 0.25) is 0 Å². The average molecular weight is 700 g/mol. The molecule has 0 fully saturated rings. The molecule has 0 unspecified atom stereocenters. The van der Waals surface area contributed by atoms with E-state index in [9.17, 15) is 10.5 Å². The Balaban J connectivity index is 1.40. The number of aromatic nitrogens is 3. The van der Waals surface area contributed by atoms with Crippen LogP contribution in [-0.2, 0) is 0 Å². The number of hydrogen-bond donors (Lipinski definition) is 0. The fourth-order valence-corrected chi connectivity index (χ4v) is 8.81. The summed E-state index contributed by atoms with van der Waals surface area (Å²) in [4.78, 5) is 0. The molecule has 0 spiro atoms. The molecule has 11 rings (SSSR count). The Morgan fingerprint density at radius 2 is 0.655 bits per heavy atom. The van der Waals surface area contributed by atoms with Crippen molar-refractivity contribution < 1.29 is 0 Å². The van der Waals surface area contributed by atoms with E-state index in [0.717, 1.165) is 82.8 Å². The molecule has 0 aliphatic carbocycles. The molecule has 11 aromatic rings. The van der Waals surface area contributed by atoms with Gasteiger partial charge in [0.1, 0.15) is 0 Å². The van der Waals surface area contributed by atoms with E-state index in [1.807, 2.05) is 12.1 Å². The molecular formula is C50H29N5. The number of nitrogens with zero attached hydrogens (tertiary/aromatic N) is 5. The number of benzene rings is 8. The van der Waals surface area contributed by atoms with Crippen molar-refractivity contribution in [2.45, 2.75) is 0 Å². The normalized spacial score (nSPS) is 11.6. The first-order valence-corrected chi connectivity index (χ1v) is 18.3. The summed E-state index contributed by atoms with van der Waals surface area (Å²) >= 11 is 0. The molecule has 3 aromatic heterocycles. The second-order valence-corrected chi connectivity index (χ2v) is 14.0. The fraction of sp³-hybridized carbons (Fsp3) is 0. The van der Waals surface area contributed by atoms with Crippen molar-refractivity contribution in [3.8, 4) is 40.3 Å². The van der Waals surface area contributed by atoms with E-state index in [4.69, 9.17) is 0 Å². The quantitative estimate of drug-likeness (QED) is 0.184. The summed E-state index contributed by atoms with van der Waals surface area (Å²) < 4.78 is 7.11. The van der Waals surface area contributed by atoms with Crippen LogP contribution in [0.25, 0.3) is 93.6 Å². The molecule has 0 bridgehead atoms. The van der Waals surface area contributed by atoms with Crippen molar-refractivity contribution in [1.82, 2.24) is 13.7 Å². The Hall–Kier alpha value is -7.86. The van der Waals surface area contributed by atoms with Gasteiger partial charge in [-0.25, -0.2) is 0 Å². The van der Waals surface area contributed by atoms with Gasteiger partial charge in [-0.2, -0.15) is 10.5 Å². The highest BCUT2D eigenvalue weighted by molar-refractivity contribution is 6.13. The Morgan fingerprint density at radius 1 is 0.309 bits per heavy atom. The van der Waals surface area contributed by atoms with Crippen LogP contribution in [0.4, 0.5) is 0 Å². The smallest absolute Gasteiger partial charge is 0.0998 e. The fourth-order valence-electron chi connectivity index (χ4n) is 8.81. The van der Waals surface area contributed by atoms with Crippen LogP contribution in [-0.4, -0.2) is 13.7 Å². The highest BCUT2D eigenvalue weighted by Gasteiger charge is 2.25. The summed E-state index contributed by atoms with van der Waals surface area (Å²) in [5, 5.41) is 27.5. The van der Waals surface area contributed by atoms with Gasteiger partial charge in [-0.15, -0.1) is 0 Å². The second-order valence-electron chi connectivity index (χ2n) is 14.0. The molecule has 8 aromatic carbocycles. The zero-order valence-corrected chi connectivity index (χ0v) is 29.5. The lowest BCUT2D eigenvalue weighted by Gasteiger charge is -2.23. The van der Waals surface area contributed by atoms with Crippen LogP contribution >= 0.6 is 0 Å². The lowest BCUT2D eigenvalue weighted by Crippen LogP contribution is -2.08. The van der Waals surface area contributed by atoms with E-state index >= 15 is 0 Å². The molecule has 0 aliphatic rings. The van der Waals surface area contributed by atoms with Gasteiger partial charge in [0, 0.05) is 43.4 Å². The predicted octanol–water partition coefficient (Wildman–Crippen LogP) is 12.4. The summed E-state index contributed by atoms with van der Waals surface area (Å²) in [7, 11) is 0. The standard InChI is InChI=1S/C50H29N5/c51-30-32-25-26-34(33(27-32)31-52)41-28-49(54-44-21-9-3-15-37(44)38-16-4-10-22-45(38)54)50(55-46-23-11-5-17-39(46)40-18-6-12-24-47(40)55)29-48(41)53-42-19-7-1-13-35(42)36-14-2-8-20-43(36)53/h1-29H. The number of hydrogen-bond acceptors (Lipinski definition) is 2. The van der Waals surface area contributed by atoms with Gasteiger partial charge in [0.15, 0.2) is 0 Å². The zero-order valence-electron chi connectivity index (χ0n) is 29.5. The lowest BCUT2D eigenvalue weighted by molar-refractivity contribution is 1.08. The summed E-state index contributed by atoms with van der Waals surface area (Å²) in [6.07, 6.45) is 0. The Kier molecular flexibility index (Phi) is 6.61. The molecule has 55 heavy (non-hydrogen) atoms. The van der Waals surface area contributed by atoms with Crippen LogP contribution in [0.15, 0.2) is 176 Å². The molecule has 0 saturated heterocycles. The SMILES string of the molecule is N#Cc1ccc(-c2cc(-n3c4ccccc4c4ccccc43)c(-n3c4ccccc4c4ccccc43)cc2-n2c3ccccc3c3ccccc32)c(C#N)c1. The maximum atomic E-state index is 10.7. The zero-order chi connectivity index (χ0) is 36.6. The number of fused-ring (bicyclic) bond motifs is 9. The van der Waals surface area contributed by atoms with Gasteiger partial charge in [0.25, 0.3) is 0 Å². The maximum absolute atomic E-state index is 10.7. The van der Waals surface area contributed by atoms with E-state index in [0.29, 0.717) is 11.1 Å². The molecule has 0 saturated carbocycles. The van der Waals surface area contributed by atoms with Gasteiger partial charge in [0.2, 0.25) is 0 Å². The minimum Gasteiger partial charge on any atom is -0.309 e. The first kappa shape index (κ1) is 30.7. The third-order valence-electron chi connectivity index (χ3n) is 11.1. The van der Waals surface area contributed by atoms with Crippen molar-refractivity contribution in [2.75, 3.05) is 0 Å². The molecule has 0 aliphatic heterocycles. The third kappa shape index (κ3) is 4.39. The molecule has 0 N–H and O–H groups in total. The van der Waals surface area contributed by atoms with E-state index in [-0.39, 0.29) is 0 Å². The first-order chi connectivity index (χ1) is 27.2. The highest BCUT2D eigenvalue weighted by Crippen LogP contribution is 2.44. The average Bonchev–Trinajstić information content (AvgIpc) is 3.89. The third-order valence-corrected chi connectivity index (χ3v) is 11.1. The Morgan fingerprint density at radius 3 is 1.02 bits per heavy atom. The van der Waals surface area contributed by atoms with E-state index in [1.165, 1.54) is 10.8 Å². The van der Waals surface area contributed by atoms with Crippen LogP contribution < -0.4 is 0 Å².